The first-order chi connectivity index (χ1) is 8.25. The summed E-state index contributed by atoms with van der Waals surface area (Å²) >= 11 is 0. The first-order valence-corrected chi connectivity index (χ1v) is 7.71. The summed E-state index contributed by atoms with van der Waals surface area (Å²) < 4.78 is 0. The molecule has 2 nitrogen and oxygen atoms in total. The average Bonchev–Trinajstić information content (AvgIpc) is 3.07. The highest BCUT2D eigenvalue weighted by Crippen LogP contribution is 2.39. The molecule has 1 atom stereocenters. The van der Waals surface area contributed by atoms with Gasteiger partial charge in [-0.25, -0.2) is 0 Å². The van der Waals surface area contributed by atoms with Crippen LogP contribution in [0, 0.1) is 11.3 Å². The molecule has 0 amide bonds. The Kier molecular flexibility index (Phi) is 3.45. The van der Waals surface area contributed by atoms with E-state index in [0.29, 0.717) is 5.41 Å². The van der Waals surface area contributed by atoms with Crippen LogP contribution in [0.15, 0.2) is 0 Å². The Morgan fingerprint density at radius 3 is 2.65 bits per heavy atom. The Hall–Kier alpha value is -0.0800. The standard InChI is InChI=1S/C15H28N2/c1-15(7-2-3-8-15)12-17-10-4-9-16-14(11-17)13-5-6-13/h13-14,16H,2-12H2,1H3. The molecule has 3 rings (SSSR count). The highest BCUT2D eigenvalue weighted by molar-refractivity contribution is 4.92. The summed E-state index contributed by atoms with van der Waals surface area (Å²) in [5, 5.41) is 3.77. The van der Waals surface area contributed by atoms with E-state index in [4.69, 9.17) is 0 Å². The van der Waals surface area contributed by atoms with Crippen molar-refractivity contribution in [1.29, 1.82) is 0 Å². The molecule has 1 heterocycles. The number of nitrogens with zero attached hydrogens (tertiary/aromatic N) is 1. The van der Waals surface area contributed by atoms with Crippen molar-refractivity contribution >= 4 is 0 Å². The van der Waals surface area contributed by atoms with E-state index < -0.39 is 0 Å². The lowest BCUT2D eigenvalue weighted by Gasteiger charge is -2.33. The van der Waals surface area contributed by atoms with Gasteiger partial charge in [0.15, 0.2) is 0 Å². The zero-order chi connectivity index (χ0) is 11.7. The van der Waals surface area contributed by atoms with Gasteiger partial charge >= 0.3 is 0 Å². The molecule has 1 saturated heterocycles. The van der Waals surface area contributed by atoms with Crippen molar-refractivity contribution in [3.05, 3.63) is 0 Å². The maximum Gasteiger partial charge on any atom is 0.0223 e. The van der Waals surface area contributed by atoms with Crippen molar-refractivity contribution in [2.75, 3.05) is 26.2 Å². The monoisotopic (exact) mass is 236 g/mol. The Morgan fingerprint density at radius 1 is 1.18 bits per heavy atom. The molecule has 2 heteroatoms. The molecule has 1 unspecified atom stereocenters. The molecule has 0 spiro atoms. The molecule has 0 aromatic carbocycles. The van der Waals surface area contributed by atoms with Gasteiger partial charge in [-0.05, 0) is 56.5 Å². The maximum atomic E-state index is 3.77. The second-order valence-corrected chi connectivity index (χ2v) is 7.00. The van der Waals surface area contributed by atoms with E-state index >= 15 is 0 Å². The van der Waals surface area contributed by atoms with Gasteiger partial charge in [0.25, 0.3) is 0 Å². The minimum Gasteiger partial charge on any atom is -0.312 e. The zero-order valence-electron chi connectivity index (χ0n) is 11.4. The molecular weight excluding hydrogens is 208 g/mol. The number of hydrogen-bond donors (Lipinski definition) is 1. The number of hydrogen-bond acceptors (Lipinski definition) is 2. The van der Waals surface area contributed by atoms with Crippen LogP contribution in [-0.4, -0.2) is 37.1 Å². The summed E-state index contributed by atoms with van der Waals surface area (Å²) in [5.41, 5.74) is 0.637. The van der Waals surface area contributed by atoms with Crippen LogP contribution in [0.2, 0.25) is 0 Å². The van der Waals surface area contributed by atoms with Gasteiger partial charge in [0, 0.05) is 19.1 Å². The highest BCUT2D eigenvalue weighted by atomic mass is 15.2. The van der Waals surface area contributed by atoms with Gasteiger partial charge in [0.1, 0.15) is 0 Å². The Balaban J connectivity index is 1.57. The Bertz CT molecular complexity index is 254. The van der Waals surface area contributed by atoms with E-state index in [1.165, 1.54) is 71.1 Å². The van der Waals surface area contributed by atoms with Gasteiger partial charge < -0.3 is 10.2 Å². The van der Waals surface area contributed by atoms with Crippen molar-refractivity contribution in [2.45, 2.75) is 57.9 Å². The SMILES string of the molecule is CC1(CN2CCCNC(C3CC3)C2)CCCC1. The third-order valence-electron chi connectivity index (χ3n) is 5.12. The molecule has 1 aliphatic heterocycles. The summed E-state index contributed by atoms with van der Waals surface area (Å²) in [4.78, 5) is 2.77. The van der Waals surface area contributed by atoms with E-state index in [1.807, 2.05) is 0 Å². The van der Waals surface area contributed by atoms with Crippen molar-refractivity contribution in [1.82, 2.24) is 10.2 Å². The average molecular weight is 236 g/mol. The molecule has 98 valence electrons. The van der Waals surface area contributed by atoms with Crippen molar-refractivity contribution < 1.29 is 0 Å². The molecule has 2 aliphatic carbocycles. The summed E-state index contributed by atoms with van der Waals surface area (Å²) in [6, 6.07) is 0.808. The van der Waals surface area contributed by atoms with E-state index in [1.54, 1.807) is 0 Å². The number of rotatable bonds is 3. The summed E-state index contributed by atoms with van der Waals surface area (Å²) in [6.45, 7) is 7.77. The first-order valence-electron chi connectivity index (χ1n) is 7.71. The smallest absolute Gasteiger partial charge is 0.0223 e. The minimum absolute atomic E-state index is 0.637. The summed E-state index contributed by atoms with van der Waals surface area (Å²) in [7, 11) is 0. The van der Waals surface area contributed by atoms with Crippen LogP contribution in [0.5, 0.6) is 0 Å². The van der Waals surface area contributed by atoms with Gasteiger partial charge in [-0.2, -0.15) is 0 Å². The lowest BCUT2D eigenvalue weighted by atomic mass is 9.88. The van der Waals surface area contributed by atoms with Crippen LogP contribution in [0.4, 0.5) is 0 Å². The molecule has 1 N–H and O–H groups in total. The summed E-state index contributed by atoms with van der Waals surface area (Å²) in [6.07, 6.45) is 10.2. The molecule has 0 radical (unpaired) electrons. The largest absolute Gasteiger partial charge is 0.312 e. The fourth-order valence-electron chi connectivity index (χ4n) is 3.91. The lowest BCUT2D eigenvalue weighted by molar-refractivity contribution is 0.162. The molecule has 17 heavy (non-hydrogen) atoms. The molecule has 0 aromatic rings. The third kappa shape index (κ3) is 3.03. The van der Waals surface area contributed by atoms with E-state index in [9.17, 15) is 0 Å². The van der Waals surface area contributed by atoms with Gasteiger partial charge in [0.05, 0.1) is 0 Å². The summed E-state index contributed by atoms with van der Waals surface area (Å²) in [5.74, 6) is 1.01. The van der Waals surface area contributed by atoms with Gasteiger partial charge in [0.2, 0.25) is 0 Å². The lowest BCUT2D eigenvalue weighted by Crippen LogP contribution is -2.42. The normalized spacial score (nSPS) is 34.8. The topological polar surface area (TPSA) is 15.3 Å². The van der Waals surface area contributed by atoms with Crippen LogP contribution >= 0.6 is 0 Å². The predicted molar refractivity (Wildman–Crippen MR) is 72.1 cm³/mol. The highest BCUT2D eigenvalue weighted by Gasteiger charge is 2.36. The molecular formula is C15H28N2. The fourth-order valence-corrected chi connectivity index (χ4v) is 3.91. The molecule has 0 bridgehead atoms. The van der Waals surface area contributed by atoms with E-state index in [0.717, 1.165) is 12.0 Å². The van der Waals surface area contributed by atoms with Gasteiger partial charge in [-0.3, -0.25) is 0 Å². The minimum atomic E-state index is 0.637. The first kappa shape index (κ1) is 12.0. The van der Waals surface area contributed by atoms with Crippen molar-refractivity contribution in [3.63, 3.8) is 0 Å². The van der Waals surface area contributed by atoms with Crippen LogP contribution in [0.3, 0.4) is 0 Å². The van der Waals surface area contributed by atoms with Gasteiger partial charge in [-0.1, -0.05) is 19.8 Å². The van der Waals surface area contributed by atoms with Crippen molar-refractivity contribution in [2.24, 2.45) is 11.3 Å². The quantitative estimate of drug-likeness (QED) is 0.810. The van der Waals surface area contributed by atoms with Crippen molar-refractivity contribution in [3.8, 4) is 0 Å². The van der Waals surface area contributed by atoms with E-state index in [2.05, 4.69) is 17.1 Å². The second kappa shape index (κ2) is 4.89. The maximum absolute atomic E-state index is 3.77. The molecule has 3 aliphatic rings. The predicted octanol–water partition coefficient (Wildman–Crippen LogP) is 2.64. The Labute approximate surface area is 106 Å². The van der Waals surface area contributed by atoms with Crippen LogP contribution in [0.1, 0.15) is 51.9 Å². The zero-order valence-corrected chi connectivity index (χ0v) is 11.4. The van der Waals surface area contributed by atoms with Crippen LogP contribution in [-0.2, 0) is 0 Å². The molecule has 3 fully saturated rings. The fraction of sp³-hybridized carbons (Fsp3) is 1.00. The van der Waals surface area contributed by atoms with E-state index in [-0.39, 0.29) is 0 Å². The van der Waals surface area contributed by atoms with Crippen LogP contribution in [0.25, 0.3) is 0 Å². The second-order valence-electron chi connectivity index (χ2n) is 7.00. The molecule has 2 saturated carbocycles. The van der Waals surface area contributed by atoms with Gasteiger partial charge in [-0.15, -0.1) is 0 Å². The third-order valence-corrected chi connectivity index (χ3v) is 5.12. The number of nitrogens with one attached hydrogen (secondary N) is 1. The Morgan fingerprint density at radius 2 is 1.94 bits per heavy atom. The van der Waals surface area contributed by atoms with Crippen LogP contribution < -0.4 is 5.32 Å². The molecule has 0 aromatic heterocycles.